The number of rotatable bonds is 3. The van der Waals surface area contributed by atoms with Crippen molar-refractivity contribution >= 4 is 5.91 Å². The molecule has 3 rings (SSSR count). The minimum Gasteiger partial charge on any atom is -0.381 e. The third-order valence-electron chi connectivity index (χ3n) is 4.62. The Morgan fingerprint density at radius 1 is 1.19 bits per heavy atom. The van der Waals surface area contributed by atoms with Crippen molar-refractivity contribution in [3.63, 3.8) is 0 Å². The van der Waals surface area contributed by atoms with E-state index >= 15 is 0 Å². The van der Waals surface area contributed by atoms with Crippen molar-refractivity contribution in [2.75, 3.05) is 13.2 Å². The fourth-order valence-corrected chi connectivity index (χ4v) is 2.97. The van der Waals surface area contributed by atoms with Gasteiger partial charge in [0.25, 0.3) is 5.91 Å². The number of hydrogen-bond donors (Lipinski definition) is 1. The molecule has 0 spiro atoms. The number of ether oxygens (including phenoxy) is 1. The van der Waals surface area contributed by atoms with Crippen LogP contribution in [0.15, 0.2) is 48.5 Å². The van der Waals surface area contributed by atoms with Crippen LogP contribution in [0, 0.1) is 23.6 Å². The first kappa shape index (κ1) is 18.2. The number of halogens is 1. The minimum absolute atomic E-state index is 0.0725. The molecule has 1 amide bonds. The predicted octanol–water partition coefficient (Wildman–Crippen LogP) is 3.77. The minimum atomic E-state index is -0.336. The van der Waals surface area contributed by atoms with E-state index in [9.17, 15) is 9.18 Å². The summed E-state index contributed by atoms with van der Waals surface area (Å²) in [6.45, 7) is 3.53. The maximum absolute atomic E-state index is 13.6. The Kier molecular flexibility index (Phi) is 6.04. The number of carbonyl (C=O) groups is 1. The second-order valence-electron chi connectivity index (χ2n) is 6.55. The topological polar surface area (TPSA) is 38.3 Å². The normalized spacial score (nSPS) is 17.7. The van der Waals surface area contributed by atoms with Gasteiger partial charge in [-0.15, -0.1) is 0 Å². The first-order chi connectivity index (χ1) is 12.6. The fraction of sp³-hybridized carbons (Fsp3) is 0.318. The van der Waals surface area contributed by atoms with Crippen LogP contribution in [0.5, 0.6) is 0 Å². The van der Waals surface area contributed by atoms with E-state index < -0.39 is 0 Å². The lowest BCUT2D eigenvalue weighted by molar-refractivity contribution is 0.0409. The highest BCUT2D eigenvalue weighted by molar-refractivity contribution is 5.94. The van der Waals surface area contributed by atoms with Crippen molar-refractivity contribution in [2.45, 2.75) is 25.8 Å². The predicted molar refractivity (Wildman–Crippen MR) is 99.3 cm³/mol. The van der Waals surface area contributed by atoms with Crippen molar-refractivity contribution < 1.29 is 13.9 Å². The number of benzene rings is 2. The molecule has 1 heterocycles. The molecule has 0 saturated carbocycles. The third kappa shape index (κ3) is 4.71. The molecule has 3 nitrogen and oxygen atoms in total. The van der Waals surface area contributed by atoms with Gasteiger partial charge in [-0.1, -0.05) is 24.0 Å². The Morgan fingerprint density at radius 2 is 1.96 bits per heavy atom. The molecule has 1 N–H and O–H groups in total. The van der Waals surface area contributed by atoms with E-state index in [1.165, 1.54) is 6.07 Å². The molecule has 26 heavy (non-hydrogen) atoms. The summed E-state index contributed by atoms with van der Waals surface area (Å²) in [4.78, 5) is 12.4. The first-order valence-corrected chi connectivity index (χ1v) is 8.89. The van der Waals surface area contributed by atoms with Crippen LogP contribution in [0.1, 0.15) is 41.3 Å². The van der Waals surface area contributed by atoms with Crippen molar-refractivity contribution in [3.8, 4) is 11.8 Å². The summed E-state index contributed by atoms with van der Waals surface area (Å²) >= 11 is 0. The van der Waals surface area contributed by atoms with E-state index in [0.29, 0.717) is 23.7 Å². The van der Waals surface area contributed by atoms with Gasteiger partial charge in [0.05, 0.1) is 12.2 Å². The lowest BCUT2D eigenvalue weighted by Gasteiger charge is -2.28. The average molecular weight is 351 g/mol. The van der Waals surface area contributed by atoms with Gasteiger partial charge < -0.3 is 10.1 Å². The van der Waals surface area contributed by atoms with Crippen LogP contribution in [0.2, 0.25) is 0 Å². The van der Waals surface area contributed by atoms with E-state index in [-0.39, 0.29) is 17.8 Å². The highest BCUT2D eigenvalue weighted by Gasteiger charge is 2.22. The molecule has 0 aliphatic carbocycles. The molecule has 134 valence electrons. The summed E-state index contributed by atoms with van der Waals surface area (Å²) in [6, 6.07) is 13.5. The Morgan fingerprint density at radius 3 is 2.65 bits per heavy atom. The van der Waals surface area contributed by atoms with Crippen LogP contribution < -0.4 is 5.32 Å². The van der Waals surface area contributed by atoms with E-state index in [1.807, 2.05) is 6.92 Å². The second kappa shape index (κ2) is 8.64. The number of amides is 1. The zero-order valence-electron chi connectivity index (χ0n) is 14.8. The molecule has 2 aromatic carbocycles. The molecule has 1 aliphatic heterocycles. The number of nitrogens with one attached hydrogen (secondary N) is 1. The summed E-state index contributed by atoms with van der Waals surface area (Å²) in [7, 11) is 0. The Balaban J connectivity index is 1.62. The molecule has 0 radical (unpaired) electrons. The molecule has 2 unspecified atom stereocenters. The fourth-order valence-electron chi connectivity index (χ4n) is 2.97. The smallest absolute Gasteiger partial charge is 0.251 e. The molecule has 0 bridgehead atoms. The molecule has 1 aliphatic rings. The lowest BCUT2D eigenvalue weighted by atomic mass is 9.94. The van der Waals surface area contributed by atoms with Crippen molar-refractivity contribution in [3.05, 3.63) is 71.0 Å². The van der Waals surface area contributed by atoms with E-state index in [4.69, 9.17) is 4.74 Å². The highest BCUT2D eigenvalue weighted by Crippen LogP contribution is 2.17. The standard InChI is InChI=1S/C22H22FNO2/c1-16(20-6-4-14-26-15-20)24-22(25)19-12-9-17(10-13-19)8-11-18-5-2-3-7-21(18)23/h2-3,5,7,9-10,12-13,16,20H,4,6,14-15H2,1H3,(H,24,25). The van der Waals surface area contributed by atoms with Gasteiger partial charge in [0.2, 0.25) is 0 Å². The van der Waals surface area contributed by atoms with Gasteiger partial charge in [-0.25, -0.2) is 4.39 Å². The van der Waals surface area contributed by atoms with Crippen LogP contribution >= 0.6 is 0 Å². The van der Waals surface area contributed by atoms with Gasteiger partial charge in [0.1, 0.15) is 5.82 Å². The van der Waals surface area contributed by atoms with Crippen LogP contribution in [0.4, 0.5) is 4.39 Å². The molecule has 1 fully saturated rings. The number of carbonyl (C=O) groups excluding carboxylic acids is 1. The molecule has 1 saturated heterocycles. The molecular weight excluding hydrogens is 329 g/mol. The van der Waals surface area contributed by atoms with E-state index in [2.05, 4.69) is 17.2 Å². The maximum Gasteiger partial charge on any atom is 0.251 e. The van der Waals surface area contributed by atoms with E-state index in [0.717, 1.165) is 25.0 Å². The number of hydrogen-bond acceptors (Lipinski definition) is 2. The molecule has 0 aromatic heterocycles. The lowest BCUT2D eigenvalue weighted by Crippen LogP contribution is -2.41. The summed E-state index contributed by atoms with van der Waals surface area (Å²) < 4.78 is 19.1. The van der Waals surface area contributed by atoms with Crippen molar-refractivity contribution in [1.82, 2.24) is 5.32 Å². The monoisotopic (exact) mass is 351 g/mol. The van der Waals surface area contributed by atoms with E-state index in [1.54, 1.807) is 42.5 Å². The third-order valence-corrected chi connectivity index (χ3v) is 4.62. The van der Waals surface area contributed by atoms with Gasteiger partial charge in [-0.2, -0.15) is 0 Å². The van der Waals surface area contributed by atoms with Gasteiger partial charge in [0.15, 0.2) is 0 Å². The summed E-state index contributed by atoms with van der Waals surface area (Å²) in [5, 5.41) is 3.05. The average Bonchev–Trinajstić information content (AvgIpc) is 2.68. The van der Waals surface area contributed by atoms with Gasteiger partial charge in [-0.05, 0) is 56.2 Å². The SMILES string of the molecule is CC(NC(=O)c1ccc(C#Cc2ccccc2F)cc1)C1CCCOC1. The van der Waals surface area contributed by atoms with Crippen molar-refractivity contribution in [2.24, 2.45) is 5.92 Å². The zero-order chi connectivity index (χ0) is 18.4. The second-order valence-corrected chi connectivity index (χ2v) is 6.55. The Bertz CT molecular complexity index is 814. The van der Waals surface area contributed by atoms with Crippen LogP contribution in [-0.4, -0.2) is 25.2 Å². The van der Waals surface area contributed by atoms with Gasteiger partial charge in [-0.3, -0.25) is 4.79 Å². The van der Waals surface area contributed by atoms with Crippen LogP contribution in [0.25, 0.3) is 0 Å². The van der Waals surface area contributed by atoms with Crippen LogP contribution in [-0.2, 0) is 4.74 Å². The summed E-state index contributed by atoms with van der Waals surface area (Å²) in [5.41, 5.74) is 1.68. The summed E-state index contributed by atoms with van der Waals surface area (Å²) in [5.74, 6) is 5.66. The zero-order valence-corrected chi connectivity index (χ0v) is 14.8. The molecule has 4 heteroatoms. The molecule has 2 atom stereocenters. The Labute approximate surface area is 153 Å². The van der Waals surface area contributed by atoms with Gasteiger partial charge in [0, 0.05) is 29.7 Å². The first-order valence-electron chi connectivity index (χ1n) is 8.89. The largest absolute Gasteiger partial charge is 0.381 e. The van der Waals surface area contributed by atoms with Gasteiger partial charge >= 0.3 is 0 Å². The van der Waals surface area contributed by atoms with Crippen molar-refractivity contribution in [1.29, 1.82) is 0 Å². The van der Waals surface area contributed by atoms with Crippen LogP contribution in [0.3, 0.4) is 0 Å². The molecular formula is C22H22FNO2. The summed E-state index contributed by atoms with van der Waals surface area (Å²) in [6.07, 6.45) is 2.12. The maximum atomic E-state index is 13.6. The highest BCUT2D eigenvalue weighted by atomic mass is 19.1. The molecule has 2 aromatic rings. The quantitative estimate of drug-likeness (QED) is 0.855. The Hall–Kier alpha value is -2.64.